The van der Waals surface area contributed by atoms with Crippen molar-refractivity contribution < 1.29 is 23.8 Å². The highest BCUT2D eigenvalue weighted by molar-refractivity contribution is 8.00. The van der Waals surface area contributed by atoms with Crippen LogP contribution in [0.4, 0.5) is 5.69 Å². The molecule has 0 aromatic heterocycles. The molecule has 1 amide bonds. The van der Waals surface area contributed by atoms with Gasteiger partial charge < -0.3 is 19.5 Å². The van der Waals surface area contributed by atoms with E-state index in [9.17, 15) is 9.59 Å². The maximum absolute atomic E-state index is 12.4. The minimum atomic E-state index is -0.482. The van der Waals surface area contributed by atoms with E-state index in [2.05, 4.69) is 5.32 Å². The van der Waals surface area contributed by atoms with Crippen LogP contribution in [0.1, 0.15) is 29.3 Å². The number of halogens is 1. The quantitative estimate of drug-likeness (QED) is 0.748. The first-order valence-corrected chi connectivity index (χ1v) is 10.1. The van der Waals surface area contributed by atoms with Gasteiger partial charge in [-0.25, -0.2) is 4.79 Å². The molecular formula is C20H18ClNO5S. The number of rotatable bonds is 3. The highest BCUT2D eigenvalue weighted by Gasteiger charge is 2.24. The van der Waals surface area contributed by atoms with Gasteiger partial charge in [0.25, 0.3) is 0 Å². The fourth-order valence-electron chi connectivity index (χ4n) is 2.94. The molecule has 2 aromatic rings. The van der Waals surface area contributed by atoms with Gasteiger partial charge >= 0.3 is 5.97 Å². The van der Waals surface area contributed by atoms with Crippen molar-refractivity contribution in [1.82, 2.24) is 0 Å². The molecule has 0 saturated carbocycles. The van der Waals surface area contributed by atoms with Crippen LogP contribution in [0.3, 0.4) is 0 Å². The van der Waals surface area contributed by atoms with Gasteiger partial charge in [0.05, 0.1) is 34.7 Å². The summed E-state index contributed by atoms with van der Waals surface area (Å²) in [4.78, 5) is 25.2. The monoisotopic (exact) mass is 419 g/mol. The molecule has 0 spiro atoms. The molecule has 4 rings (SSSR count). The fourth-order valence-corrected chi connectivity index (χ4v) is 4.15. The van der Waals surface area contributed by atoms with E-state index in [-0.39, 0.29) is 17.8 Å². The zero-order chi connectivity index (χ0) is 19.7. The van der Waals surface area contributed by atoms with Gasteiger partial charge in [-0.1, -0.05) is 11.6 Å². The van der Waals surface area contributed by atoms with Gasteiger partial charge in [-0.3, -0.25) is 4.79 Å². The Morgan fingerprint density at radius 3 is 2.96 bits per heavy atom. The van der Waals surface area contributed by atoms with Gasteiger partial charge in [-0.15, -0.1) is 11.8 Å². The maximum Gasteiger partial charge on any atom is 0.338 e. The Kier molecular flexibility index (Phi) is 5.37. The van der Waals surface area contributed by atoms with Crippen molar-refractivity contribution in [2.24, 2.45) is 0 Å². The smallest absolute Gasteiger partial charge is 0.338 e. The summed E-state index contributed by atoms with van der Waals surface area (Å²) in [5.41, 5.74) is 1.70. The molecule has 1 atom stereocenters. The van der Waals surface area contributed by atoms with Crippen LogP contribution in [0.25, 0.3) is 0 Å². The van der Waals surface area contributed by atoms with Crippen LogP contribution in [0, 0.1) is 0 Å². The average Bonchev–Trinajstić information content (AvgIpc) is 2.92. The standard InChI is InChI=1S/C20H18ClNO5S/c1-11-19(23)22-15-9-13(3-4-17(15)28-11)20(24)27-10-12-7-14(21)18-16(8-12)25-5-2-6-26-18/h3-4,7-9,11H,2,5-6,10H2,1H3,(H,22,23)/t11-/m1/s1. The summed E-state index contributed by atoms with van der Waals surface area (Å²) in [5.74, 6) is 0.513. The highest BCUT2D eigenvalue weighted by atomic mass is 35.5. The lowest BCUT2D eigenvalue weighted by Gasteiger charge is -2.21. The lowest BCUT2D eigenvalue weighted by atomic mass is 10.2. The highest BCUT2D eigenvalue weighted by Crippen LogP contribution is 2.38. The summed E-state index contributed by atoms with van der Waals surface area (Å²) in [5, 5.41) is 3.08. The molecule has 0 fully saturated rings. The number of carbonyl (C=O) groups excluding carboxylic acids is 2. The second-order valence-corrected chi connectivity index (χ2v) is 8.28. The second kappa shape index (κ2) is 7.93. The molecule has 2 aromatic carbocycles. The number of carbonyl (C=O) groups is 2. The molecule has 0 aliphatic carbocycles. The molecule has 28 heavy (non-hydrogen) atoms. The number of amides is 1. The van der Waals surface area contributed by atoms with Crippen molar-refractivity contribution in [2.45, 2.75) is 30.1 Å². The van der Waals surface area contributed by atoms with Crippen molar-refractivity contribution in [3.63, 3.8) is 0 Å². The van der Waals surface area contributed by atoms with Crippen LogP contribution in [0.5, 0.6) is 11.5 Å². The Labute approximate surface area is 171 Å². The molecular weight excluding hydrogens is 402 g/mol. The lowest BCUT2D eigenvalue weighted by molar-refractivity contribution is -0.115. The molecule has 0 radical (unpaired) electrons. The van der Waals surface area contributed by atoms with E-state index in [1.807, 2.05) is 13.0 Å². The number of anilines is 1. The van der Waals surface area contributed by atoms with Crippen LogP contribution in [-0.2, 0) is 16.1 Å². The first kappa shape index (κ1) is 19.0. The summed E-state index contributed by atoms with van der Waals surface area (Å²) < 4.78 is 16.7. The van der Waals surface area contributed by atoms with Crippen LogP contribution in [0.2, 0.25) is 5.02 Å². The number of hydrogen-bond donors (Lipinski definition) is 1. The normalized spacial score (nSPS) is 17.9. The number of fused-ring (bicyclic) bond motifs is 2. The number of esters is 1. The van der Waals surface area contributed by atoms with E-state index < -0.39 is 5.97 Å². The topological polar surface area (TPSA) is 73.9 Å². The zero-order valence-corrected chi connectivity index (χ0v) is 16.7. The minimum Gasteiger partial charge on any atom is -0.489 e. The zero-order valence-electron chi connectivity index (χ0n) is 15.1. The summed E-state index contributed by atoms with van der Waals surface area (Å²) in [6.07, 6.45) is 0.779. The Bertz CT molecular complexity index is 948. The molecule has 0 saturated heterocycles. The van der Waals surface area contributed by atoms with E-state index in [0.29, 0.717) is 46.5 Å². The van der Waals surface area contributed by atoms with Gasteiger partial charge in [0.15, 0.2) is 11.5 Å². The van der Waals surface area contributed by atoms with Crippen LogP contribution in [0.15, 0.2) is 35.2 Å². The third-order valence-corrected chi connectivity index (χ3v) is 5.84. The van der Waals surface area contributed by atoms with E-state index in [1.54, 1.807) is 24.3 Å². The first-order chi connectivity index (χ1) is 13.5. The summed E-state index contributed by atoms with van der Waals surface area (Å²) >= 11 is 7.73. The molecule has 146 valence electrons. The largest absolute Gasteiger partial charge is 0.489 e. The van der Waals surface area contributed by atoms with E-state index in [0.717, 1.165) is 11.3 Å². The Morgan fingerprint density at radius 2 is 2.11 bits per heavy atom. The van der Waals surface area contributed by atoms with Gasteiger partial charge in [0.1, 0.15) is 6.61 Å². The van der Waals surface area contributed by atoms with Gasteiger partial charge in [-0.05, 0) is 42.8 Å². The third-order valence-electron chi connectivity index (χ3n) is 4.38. The van der Waals surface area contributed by atoms with Crippen molar-refractivity contribution in [3.8, 4) is 11.5 Å². The molecule has 0 bridgehead atoms. The van der Waals surface area contributed by atoms with Crippen LogP contribution < -0.4 is 14.8 Å². The molecule has 1 N–H and O–H groups in total. The predicted octanol–water partition coefficient (Wildman–Crippen LogP) is 4.29. The molecule has 0 unspecified atom stereocenters. The SMILES string of the molecule is C[C@H]1Sc2ccc(C(=O)OCc3cc(Cl)c4c(c3)OCCCO4)cc2NC1=O. The molecule has 2 aliphatic heterocycles. The molecule has 6 nitrogen and oxygen atoms in total. The molecule has 8 heteroatoms. The fraction of sp³-hybridized carbons (Fsp3) is 0.300. The predicted molar refractivity (Wildman–Crippen MR) is 107 cm³/mol. The summed E-state index contributed by atoms with van der Waals surface area (Å²) in [6.45, 7) is 2.98. The van der Waals surface area contributed by atoms with Crippen LogP contribution >= 0.6 is 23.4 Å². The number of nitrogens with one attached hydrogen (secondary N) is 1. The van der Waals surface area contributed by atoms with Crippen molar-refractivity contribution in [1.29, 1.82) is 0 Å². The number of thioether (sulfide) groups is 1. The lowest BCUT2D eigenvalue weighted by Crippen LogP contribution is -2.26. The van der Waals surface area contributed by atoms with E-state index >= 15 is 0 Å². The first-order valence-electron chi connectivity index (χ1n) is 8.88. The Hall–Kier alpha value is -2.38. The molecule has 2 heterocycles. The van der Waals surface area contributed by atoms with Gasteiger partial charge in [-0.2, -0.15) is 0 Å². The van der Waals surface area contributed by atoms with Crippen LogP contribution in [-0.4, -0.2) is 30.3 Å². The molecule has 2 aliphatic rings. The Balaban J connectivity index is 1.46. The Morgan fingerprint density at radius 1 is 1.29 bits per heavy atom. The second-order valence-electron chi connectivity index (χ2n) is 6.49. The van der Waals surface area contributed by atoms with Crippen molar-refractivity contribution >= 4 is 40.9 Å². The van der Waals surface area contributed by atoms with Crippen molar-refractivity contribution in [3.05, 3.63) is 46.5 Å². The average molecular weight is 420 g/mol. The number of hydrogen-bond acceptors (Lipinski definition) is 6. The van der Waals surface area contributed by atoms with Gasteiger partial charge in [0.2, 0.25) is 5.91 Å². The van der Waals surface area contributed by atoms with Crippen molar-refractivity contribution in [2.75, 3.05) is 18.5 Å². The van der Waals surface area contributed by atoms with Gasteiger partial charge in [0, 0.05) is 11.3 Å². The van der Waals surface area contributed by atoms with E-state index in [4.69, 9.17) is 25.8 Å². The number of benzene rings is 2. The maximum atomic E-state index is 12.4. The minimum absolute atomic E-state index is 0.0461. The number of ether oxygens (including phenoxy) is 3. The summed E-state index contributed by atoms with van der Waals surface area (Å²) in [7, 11) is 0. The third kappa shape index (κ3) is 3.91. The summed E-state index contributed by atoms with van der Waals surface area (Å²) in [6, 6.07) is 8.62. The van der Waals surface area contributed by atoms with E-state index in [1.165, 1.54) is 11.8 Å².